The average molecular weight is 633 g/mol. The highest BCUT2D eigenvalue weighted by molar-refractivity contribution is 7.26. The molecule has 1 aliphatic rings. The van der Waals surface area contributed by atoms with Crippen LogP contribution in [0.4, 0.5) is 17.1 Å². The van der Waals surface area contributed by atoms with Gasteiger partial charge in [0.05, 0.1) is 11.0 Å². The third kappa shape index (κ3) is 3.85. The van der Waals surface area contributed by atoms with Gasteiger partial charge in [-0.25, -0.2) is 0 Å². The van der Waals surface area contributed by atoms with Crippen molar-refractivity contribution >= 4 is 70.4 Å². The molecular weight excluding hydrogens is 601 g/mol. The zero-order chi connectivity index (χ0) is 32.0. The van der Waals surface area contributed by atoms with Crippen molar-refractivity contribution in [1.82, 2.24) is 4.57 Å². The van der Waals surface area contributed by atoms with Crippen LogP contribution in [-0.4, -0.2) is 4.57 Å². The Hall–Kier alpha value is -5.64. The first-order valence-electron chi connectivity index (χ1n) is 16.6. The van der Waals surface area contributed by atoms with Crippen LogP contribution in [0.3, 0.4) is 0 Å². The van der Waals surface area contributed by atoms with Crippen molar-refractivity contribution in [3.8, 4) is 16.8 Å². The third-order valence-electron chi connectivity index (χ3n) is 10.4. The molecule has 0 saturated carbocycles. The molecular formula is C45H32N2S. The molecule has 0 N–H and O–H groups in total. The van der Waals surface area contributed by atoms with Crippen LogP contribution in [0.1, 0.15) is 25.0 Å². The van der Waals surface area contributed by atoms with E-state index in [4.69, 9.17) is 0 Å². The molecule has 2 aromatic heterocycles. The first kappa shape index (κ1) is 27.5. The van der Waals surface area contributed by atoms with E-state index in [9.17, 15) is 0 Å². The molecule has 0 atom stereocenters. The van der Waals surface area contributed by atoms with Gasteiger partial charge in [0.15, 0.2) is 0 Å². The van der Waals surface area contributed by atoms with Crippen molar-refractivity contribution in [3.63, 3.8) is 0 Å². The Morgan fingerprint density at radius 2 is 1.17 bits per heavy atom. The lowest BCUT2D eigenvalue weighted by Gasteiger charge is -2.28. The highest BCUT2D eigenvalue weighted by atomic mass is 32.1. The minimum atomic E-state index is -0.0792. The molecule has 0 amide bonds. The second-order valence-corrected chi connectivity index (χ2v) is 14.4. The Morgan fingerprint density at radius 1 is 0.500 bits per heavy atom. The van der Waals surface area contributed by atoms with Crippen molar-refractivity contribution in [2.75, 3.05) is 4.90 Å². The Bertz CT molecular complexity index is 2700. The third-order valence-corrected chi connectivity index (χ3v) is 11.6. The summed E-state index contributed by atoms with van der Waals surface area (Å²) in [6.45, 7) is 4.71. The van der Waals surface area contributed by atoms with Crippen LogP contribution in [0.2, 0.25) is 0 Å². The first-order valence-corrected chi connectivity index (χ1v) is 17.4. The molecule has 9 aromatic rings. The number of anilines is 3. The molecule has 10 rings (SSSR count). The van der Waals surface area contributed by atoms with Gasteiger partial charge >= 0.3 is 0 Å². The van der Waals surface area contributed by atoms with Gasteiger partial charge < -0.3 is 9.47 Å². The van der Waals surface area contributed by atoms with E-state index in [1.54, 1.807) is 0 Å². The number of thiophene rings is 1. The van der Waals surface area contributed by atoms with Crippen molar-refractivity contribution in [1.29, 1.82) is 0 Å². The van der Waals surface area contributed by atoms with Crippen LogP contribution < -0.4 is 4.90 Å². The van der Waals surface area contributed by atoms with Crippen LogP contribution in [0.5, 0.6) is 0 Å². The normalized spacial score (nSPS) is 13.4. The summed E-state index contributed by atoms with van der Waals surface area (Å²) in [5.41, 5.74) is 12.4. The molecule has 0 aliphatic heterocycles. The summed E-state index contributed by atoms with van der Waals surface area (Å²) in [5.74, 6) is 0. The summed E-state index contributed by atoms with van der Waals surface area (Å²) in [7, 11) is 0. The molecule has 7 aromatic carbocycles. The van der Waals surface area contributed by atoms with Gasteiger partial charge in [-0.1, -0.05) is 105 Å². The first-order chi connectivity index (χ1) is 23.6. The fourth-order valence-electron chi connectivity index (χ4n) is 8.12. The van der Waals surface area contributed by atoms with Crippen LogP contribution in [-0.2, 0) is 5.41 Å². The van der Waals surface area contributed by atoms with E-state index in [1.807, 2.05) is 11.3 Å². The number of fused-ring (bicyclic) bond motifs is 10. The predicted molar refractivity (Wildman–Crippen MR) is 206 cm³/mol. The van der Waals surface area contributed by atoms with E-state index in [0.717, 1.165) is 11.4 Å². The fraction of sp³-hybridized carbons (Fsp3) is 0.0667. The average Bonchev–Trinajstić information content (AvgIpc) is 3.75. The van der Waals surface area contributed by atoms with Crippen LogP contribution in [0, 0.1) is 0 Å². The van der Waals surface area contributed by atoms with Gasteiger partial charge in [0.2, 0.25) is 0 Å². The molecule has 2 nitrogen and oxygen atoms in total. The standard InChI is InChI=1S/C45H32N2S/c1-45(2)38-19-11-9-17-33(38)34-23-21-32(28-39(34)45)46(29-13-5-3-6-14-29)31-22-25-40-37(27-31)43-41(47(40)30-15-7-4-8-16-30)26-24-36-35-18-10-12-20-42(35)48-44(36)43/h3-28H,1-2H3. The molecule has 0 radical (unpaired) electrons. The Balaban J connectivity index is 1.26. The van der Waals surface area contributed by atoms with Gasteiger partial charge in [0, 0.05) is 59.1 Å². The van der Waals surface area contributed by atoms with E-state index in [1.165, 1.54) is 75.6 Å². The Kier molecular flexibility index (Phi) is 5.82. The van der Waals surface area contributed by atoms with E-state index in [2.05, 4.69) is 181 Å². The minimum absolute atomic E-state index is 0.0792. The maximum atomic E-state index is 2.43. The molecule has 1 aliphatic carbocycles. The summed E-state index contributed by atoms with van der Waals surface area (Å²) >= 11 is 1.90. The number of nitrogens with zero attached hydrogens (tertiary/aromatic N) is 2. The van der Waals surface area contributed by atoms with E-state index in [0.29, 0.717) is 0 Å². The maximum Gasteiger partial charge on any atom is 0.0555 e. The topological polar surface area (TPSA) is 8.17 Å². The van der Waals surface area contributed by atoms with Gasteiger partial charge in [-0.3, -0.25) is 0 Å². The highest BCUT2D eigenvalue weighted by Crippen LogP contribution is 2.51. The minimum Gasteiger partial charge on any atom is -0.310 e. The van der Waals surface area contributed by atoms with Gasteiger partial charge in [0.25, 0.3) is 0 Å². The maximum absolute atomic E-state index is 2.43. The zero-order valence-corrected chi connectivity index (χ0v) is 27.6. The second-order valence-electron chi connectivity index (χ2n) is 13.4. The summed E-state index contributed by atoms with van der Waals surface area (Å²) in [5, 5.41) is 5.22. The van der Waals surface area contributed by atoms with E-state index >= 15 is 0 Å². The highest BCUT2D eigenvalue weighted by Gasteiger charge is 2.35. The van der Waals surface area contributed by atoms with Crippen molar-refractivity contribution in [3.05, 3.63) is 169 Å². The molecule has 0 spiro atoms. The fourth-order valence-corrected chi connectivity index (χ4v) is 9.38. The summed E-state index contributed by atoms with van der Waals surface area (Å²) in [4.78, 5) is 2.43. The summed E-state index contributed by atoms with van der Waals surface area (Å²) in [6.07, 6.45) is 0. The molecule has 0 bridgehead atoms. The quantitative estimate of drug-likeness (QED) is 0.187. The number of rotatable bonds is 4. The Labute approximate surface area is 283 Å². The van der Waals surface area contributed by atoms with Crippen LogP contribution in [0.15, 0.2) is 158 Å². The molecule has 3 heteroatoms. The van der Waals surface area contributed by atoms with Gasteiger partial charge in [-0.2, -0.15) is 0 Å². The lowest BCUT2D eigenvalue weighted by Crippen LogP contribution is -2.16. The number of benzene rings is 7. The lowest BCUT2D eigenvalue weighted by atomic mass is 9.82. The summed E-state index contributed by atoms with van der Waals surface area (Å²) < 4.78 is 5.10. The predicted octanol–water partition coefficient (Wildman–Crippen LogP) is 12.9. The second kappa shape index (κ2) is 10.2. The van der Waals surface area contributed by atoms with Gasteiger partial charge in [-0.15, -0.1) is 11.3 Å². The summed E-state index contributed by atoms with van der Waals surface area (Å²) in [6, 6.07) is 58.0. The SMILES string of the molecule is CC1(C)c2ccccc2-c2ccc(N(c3ccccc3)c3ccc4c(c3)c3c5sc6ccccc6c5ccc3n4-c3ccccc3)cc21. The van der Waals surface area contributed by atoms with Crippen LogP contribution in [0.25, 0.3) is 58.8 Å². The largest absolute Gasteiger partial charge is 0.310 e. The molecule has 48 heavy (non-hydrogen) atoms. The molecule has 0 saturated heterocycles. The number of aromatic nitrogens is 1. The van der Waals surface area contributed by atoms with Crippen molar-refractivity contribution < 1.29 is 0 Å². The Morgan fingerprint density at radius 3 is 2.02 bits per heavy atom. The molecule has 2 heterocycles. The molecule has 228 valence electrons. The van der Waals surface area contributed by atoms with Crippen LogP contribution >= 0.6 is 11.3 Å². The van der Waals surface area contributed by atoms with Crippen molar-refractivity contribution in [2.24, 2.45) is 0 Å². The smallest absolute Gasteiger partial charge is 0.0555 e. The lowest BCUT2D eigenvalue weighted by molar-refractivity contribution is 0.660. The van der Waals surface area contributed by atoms with Gasteiger partial charge in [0.1, 0.15) is 0 Å². The zero-order valence-electron chi connectivity index (χ0n) is 26.8. The van der Waals surface area contributed by atoms with Crippen molar-refractivity contribution in [2.45, 2.75) is 19.3 Å². The van der Waals surface area contributed by atoms with E-state index in [-0.39, 0.29) is 5.41 Å². The molecule has 0 fully saturated rings. The number of hydrogen-bond acceptors (Lipinski definition) is 2. The number of hydrogen-bond donors (Lipinski definition) is 0. The number of para-hydroxylation sites is 2. The van der Waals surface area contributed by atoms with E-state index < -0.39 is 0 Å². The van der Waals surface area contributed by atoms with Gasteiger partial charge in [-0.05, 0) is 89.0 Å². The monoisotopic (exact) mass is 632 g/mol. The molecule has 0 unspecified atom stereocenters.